The standard InChI is InChI=1S/C14H10FN3O2S/c1-8-11(13(19)17-14-16-6-7-21-14)12(18-20-8)9-2-4-10(15)5-3-9/h2-7H,1H3,(H,16,17,19). The zero-order chi connectivity index (χ0) is 14.8. The van der Waals surface area contributed by atoms with Crippen molar-refractivity contribution in [1.29, 1.82) is 0 Å². The van der Waals surface area contributed by atoms with E-state index in [2.05, 4.69) is 15.5 Å². The Morgan fingerprint density at radius 2 is 2.10 bits per heavy atom. The van der Waals surface area contributed by atoms with E-state index >= 15 is 0 Å². The van der Waals surface area contributed by atoms with Crippen LogP contribution in [0.15, 0.2) is 40.4 Å². The van der Waals surface area contributed by atoms with E-state index < -0.39 is 0 Å². The molecule has 1 N–H and O–H groups in total. The van der Waals surface area contributed by atoms with E-state index in [1.54, 1.807) is 30.6 Å². The number of nitrogens with zero attached hydrogens (tertiary/aromatic N) is 2. The van der Waals surface area contributed by atoms with Crippen molar-refractivity contribution in [2.24, 2.45) is 0 Å². The number of hydrogen-bond donors (Lipinski definition) is 1. The van der Waals surface area contributed by atoms with Crippen LogP contribution in [0.2, 0.25) is 0 Å². The highest BCUT2D eigenvalue weighted by molar-refractivity contribution is 7.13. The van der Waals surface area contributed by atoms with Crippen molar-refractivity contribution in [1.82, 2.24) is 10.1 Å². The van der Waals surface area contributed by atoms with Crippen LogP contribution in [0.3, 0.4) is 0 Å². The van der Waals surface area contributed by atoms with Crippen LogP contribution in [0.1, 0.15) is 16.1 Å². The fraction of sp³-hybridized carbons (Fsp3) is 0.0714. The molecule has 2 aromatic heterocycles. The van der Waals surface area contributed by atoms with Crippen LogP contribution in [0.4, 0.5) is 9.52 Å². The quantitative estimate of drug-likeness (QED) is 0.804. The number of benzene rings is 1. The van der Waals surface area contributed by atoms with Crippen LogP contribution in [0, 0.1) is 12.7 Å². The van der Waals surface area contributed by atoms with E-state index in [4.69, 9.17) is 4.52 Å². The molecular weight excluding hydrogens is 293 g/mol. The lowest BCUT2D eigenvalue weighted by molar-refractivity contribution is 0.102. The number of rotatable bonds is 3. The van der Waals surface area contributed by atoms with E-state index in [9.17, 15) is 9.18 Å². The fourth-order valence-electron chi connectivity index (χ4n) is 1.89. The number of aryl methyl sites for hydroxylation is 1. The van der Waals surface area contributed by atoms with Crippen LogP contribution in [0.5, 0.6) is 0 Å². The van der Waals surface area contributed by atoms with Crippen molar-refractivity contribution in [2.75, 3.05) is 5.32 Å². The van der Waals surface area contributed by atoms with Crippen LogP contribution in [-0.4, -0.2) is 16.0 Å². The maximum atomic E-state index is 13.0. The Balaban J connectivity index is 1.97. The van der Waals surface area contributed by atoms with E-state index in [1.807, 2.05) is 0 Å². The minimum absolute atomic E-state index is 0.316. The van der Waals surface area contributed by atoms with Gasteiger partial charge in [0.2, 0.25) is 0 Å². The second-order valence-electron chi connectivity index (χ2n) is 4.26. The highest BCUT2D eigenvalue weighted by Crippen LogP contribution is 2.26. The van der Waals surface area contributed by atoms with Crippen molar-refractivity contribution in [3.05, 3.63) is 53.0 Å². The lowest BCUT2D eigenvalue weighted by atomic mass is 10.1. The molecule has 1 amide bonds. The van der Waals surface area contributed by atoms with Crippen LogP contribution < -0.4 is 5.32 Å². The summed E-state index contributed by atoms with van der Waals surface area (Å²) in [5.74, 6) is -0.320. The molecule has 0 fully saturated rings. The predicted octanol–water partition coefficient (Wildman–Crippen LogP) is 3.50. The molecule has 0 atom stereocenters. The van der Waals surface area contributed by atoms with Crippen molar-refractivity contribution >= 4 is 22.4 Å². The summed E-state index contributed by atoms with van der Waals surface area (Å²) in [6.07, 6.45) is 1.60. The molecule has 7 heteroatoms. The summed E-state index contributed by atoms with van der Waals surface area (Å²) in [6.45, 7) is 1.65. The Morgan fingerprint density at radius 3 is 2.76 bits per heavy atom. The molecule has 3 rings (SSSR count). The van der Waals surface area contributed by atoms with Gasteiger partial charge in [0.05, 0.1) is 0 Å². The van der Waals surface area contributed by atoms with Crippen molar-refractivity contribution in [2.45, 2.75) is 6.92 Å². The number of thiazole rings is 1. The Morgan fingerprint density at radius 1 is 1.33 bits per heavy atom. The topological polar surface area (TPSA) is 68.0 Å². The van der Waals surface area contributed by atoms with Gasteiger partial charge in [0.25, 0.3) is 5.91 Å². The zero-order valence-corrected chi connectivity index (χ0v) is 11.8. The molecule has 0 aliphatic carbocycles. The van der Waals surface area contributed by atoms with Crippen LogP contribution in [0.25, 0.3) is 11.3 Å². The third kappa shape index (κ3) is 2.68. The maximum Gasteiger partial charge on any atom is 0.263 e. The average molecular weight is 303 g/mol. The zero-order valence-electron chi connectivity index (χ0n) is 11.0. The lowest BCUT2D eigenvalue weighted by Gasteiger charge is -2.03. The van der Waals surface area contributed by atoms with E-state index in [0.717, 1.165) is 0 Å². The Kier molecular flexibility index (Phi) is 3.49. The van der Waals surface area contributed by atoms with Gasteiger partial charge in [-0.15, -0.1) is 11.3 Å². The number of aromatic nitrogens is 2. The Labute approximate surface area is 123 Å². The fourth-order valence-corrected chi connectivity index (χ4v) is 2.41. The second kappa shape index (κ2) is 5.45. The predicted molar refractivity (Wildman–Crippen MR) is 76.7 cm³/mol. The summed E-state index contributed by atoms with van der Waals surface area (Å²) in [6, 6.07) is 5.71. The van der Waals surface area contributed by atoms with Gasteiger partial charge in [0.15, 0.2) is 5.13 Å². The first-order valence-corrected chi connectivity index (χ1v) is 6.96. The molecule has 0 aliphatic rings. The van der Waals surface area contributed by atoms with Crippen LogP contribution in [-0.2, 0) is 0 Å². The van der Waals surface area contributed by atoms with Crippen molar-refractivity contribution < 1.29 is 13.7 Å². The summed E-state index contributed by atoms with van der Waals surface area (Å²) in [5.41, 5.74) is 1.30. The van der Waals surface area contributed by atoms with E-state index in [1.165, 1.54) is 23.5 Å². The molecule has 3 aromatic rings. The summed E-state index contributed by atoms with van der Waals surface area (Å²) in [7, 11) is 0. The van der Waals surface area contributed by atoms with Gasteiger partial charge in [-0.05, 0) is 31.2 Å². The molecule has 106 valence electrons. The van der Waals surface area contributed by atoms with E-state index in [0.29, 0.717) is 27.7 Å². The summed E-state index contributed by atoms with van der Waals surface area (Å²) in [4.78, 5) is 16.3. The molecule has 0 spiro atoms. The number of carbonyl (C=O) groups is 1. The van der Waals surface area contributed by atoms with Crippen molar-refractivity contribution in [3.63, 3.8) is 0 Å². The molecule has 0 radical (unpaired) electrons. The van der Waals surface area contributed by atoms with Gasteiger partial charge in [-0.2, -0.15) is 0 Å². The molecule has 1 aromatic carbocycles. The van der Waals surface area contributed by atoms with Gasteiger partial charge in [-0.3, -0.25) is 10.1 Å². The first-order valence-electron chi connectivity index (χ1n) is 6.08. The minimum atomic E-state index is -0.358. The number of amides is 1. The van der Waals surface area contributed by atoms with Crippen molar-refractivity contribution in [3.8, 4) is 11.3 Å². The molecule has 2 heterocycles. The molecule has 0 saturated carbocycles. The SMILES string of the molecule is Cc1onc(-c2ccc(F)cc2)c1C(=O)Nc1nccs1. The Hall–Kier alpha value is -2.54. The first-order chi connectivity index (χ1) is 10.1. The molecule has 21 heavy (non-hydrogen) atoms. The van der Waals surface area contributed by atoms with Gasteiger partial charge in [-0.25, -0.2) is 9.37 Å². The lowest BCUT2D eigenvalue weighted by Crippen LogP contribution is -2.13. The normalized spacial score (nSPS) is 10.6. The number of halogens is 1. The maximum absolute atomic E-state index is 13.0. The Bertz CT molecular complexity index is 766. The molecule has 0 unspecified atom stereocenters. The minimum Gasteiger partial charge on any atom is -0.360 e. The third-order valence-corrected chi connectivity index (χ3v) is 3.55. The largest absolute Gasteiger partial charge is 0.360 e. The molecular formula is C14H10FN3O2S. The summed E-state index contributed by atoms with van der Waals surface area (Å²) in [5, 5.41) is 8.82. The van der Waals surface area contributed by atoms with Crippen LogP contribution >= 0.6 is 11.3 Å². The van der Waals surface area contributed by atoms with Gasteiger partial charge in [0.1, 0.15) is 22.8 Å². The summed E-state index contributed by atoms with van der Waals surface area (Å²) < 4.78 is 18.1. The highest BCUT2D eigenvalue weighted by atomic mass is 32.1. The third-order valence-electron chi connectivity index (χ3n) is 2.86. The van der Waals surface area contributed by atoms with Gasteiger partial charge < -0.3 is 4.52 Å². The second-order valence-corrected chi connectivity index (χ2v) is 5.16. The van der Waals surface area contributed by atoms with Gasteiger partial charge in [0, 0.05) is 17.1 Å². The number of hydrogen-bond acceptors (Lipinski definition) is 5. The monoisotopic (exact) mass is 303 g/mol. The van der Waals surface area contributed by atoms with Gasteiger partial charge in [-0.1, -0.05) is 5.16 Å². The number of nitrogens with one attached hydrogen (secondary N) is 1. The number of anilines is 1. The molecule has 0 bridgehead atoms. The highest BCUT2D eigenvalue weighted by Gasteiger charge is 2.22. The molecule has 0 aliphatic heterocycles. The number of carbonyl (C=O) groups excluding carboxylic acids is 1. The van der Waals surface area contributed by atoms with E-state index in [-0.39, 0.29) is 11.7 Å². The molecule has 0 saturated heterocycles. The first kappa shape index (κ1) is 13.4. The van der Waals surface area contributed by atoms with Gasteiger partial charge >= 0.3 is 0 Å². The molecule has 5 nitrogen and oxygen atoms in total. The smallest absolute Gasteiger partial charge is 0.263 e. The summed E-state index contributed by atoms with van der Waals surface area (Å²) >= 11 is 1.31. The average Bonchev–Trinajstić information content (AvgIpc) is 3.09.